The highest BCUT2D eigenvalue weighted by molar-refractivity contribution is 7.26. The molecule has 1 N–H and O–H groups in total. The van der Waals surface area contributed by atoms with E-state index in [0.29, 0.717) is 0 Å². The van der Waals surface area contributed by atoms with Crippen LogP contribution in [0.4, 0.5) is 11.4 Å². The maximum Gasteiger partial charge on any atom is 0.198 e. The Labute approximate surface area is 349 Å². The molecule has 0 amide bonds. The Morgan fingerprint density at radius 3 is 2.07 bits per heavy atom. The van der Waals surface area contributed by atoms with E-state index in [0.717, 1.165) is 7.28 Å². The van der Waals surface area contributed by atoms with E-state index >= 15 is 0 Å². The van der Waals surface area contributed by atoms with Gasteiger partial charge in [-0.1, -0.05) is 117 Å². The highest BCUT2D eigenvalue weighted by Gasteiger charge is 2.38. The lowest BCUT2D eigenvalue weighted by Gasteiger charge is -2.42. The van der Waals surface area contributed by atoms with E-state index in [9.17, 15) is 0 Å². The van der Waals surface area contributed by atoms with Crippen LogP contribution in [-0.4, -0.2) is 11.8 Å². The molecule has 4 heteroatoms. The van der Waals surface area contributed by atoms with E-state index in [2.05, 4.69) is 184 Å². The number of fused-ring (bicyclic) bond motifs is 9. The molecule has 0 bridgehead atoms. The van der Waals surface area contributed by atoms with Crippen molar-refractivity contribution in [1.29, 1.82) is 0 Å². The molecule has 0 fully saturated rings. The van der Waals surface area contributed by atoms with Gasteiger partial charge in [-0.05, 0) is 141 Å². The van der Waals surface area contributed by atoms with Crippen molar-refractivity contribution in [2.45, 2.75) is 118 Å². The number of nitrogens with zero attached hydrogens (tertiary/aromatic N) is 1. The van der Waals surface area contributed by atoms with Crippen LogP contribution in [0.25, 0.3) is 58.8 Å². The van der Waals surface area contributed by atoms with Crippen LogP contribution in [0.3, 0.4) is 0 Å². The zero-order valence-corrected chi connectivity index (χ0v) is 37.5. The van der Waals surface area contributed by atoms with Crippen LogP contribution in [0.2, 0.25) is 0 Å². The fourth-order valence-corrected chi connectivity index (χ4v) is 11.4. The van der Waals surface area contributed by atoms with Crippen molar-refractivity contribution in [3.8, 4) is 16.8 Å². The molecule has 2 nitrogen and oxygen atoms in total. The maximum atomic E-state index is 4.14. The first-order valence-electron chi connectivity index (χ1n) is 21.4. The zero-order chi connectivity index (χ0) is 40.8. The first-order valence-corrected chi connectivity index (χ1v) is 22.2. The molecule has 10 rings (SSSR count). The van der Waals surface area contributed by atoms with Gasteiger partial charge in [-0.15, -0.1) is 11.3 Å². The van der Waals surface area contributed by atoms with Crippen LogP contribution in [0, 0.1) is 13.8 Å². The van der Waals surface area contributed by atoms with Crippen molar-refractivity contribution in [3.05, 3.63) is 124 Å². The van der Waals surface area contributed by atoms with E-state index in [1.165, 1.54) is 127 Å². The highest BCUT2D eigenvalue weighted by atomic mass is 32.1. The first-order chi connectivity index (χ1) is 27.3. The number of anilines is 2. The van der Waals surface area contributed by atoms with Gasteiger partial charge in [0.1, 0.15) is 0 Å². The second kappa shape index (κ2) is 12.4. The van der Waals surface area contributed by atoms with Gasteiger partial charge in [-0.2, -0.15) is 0 Å². The Balaban J connectivity index is 1.27. The molecule has 2 aliphatic rings. The van der Waals surface area contributed by atoms with Crippen LogP contribution in [-0.2, 0) is 21.7 Å². The second-order valence-corrected chi connectivity index (χ2v) is 22.2. The SMILES string of the molecule is Cc1cc(-c2c(Nc3cc4c(cc3C)C(C)(C)CCC4(C)C)ccc3sc4ccccc4c23)c2c(c1)-n1c3ccc(C(C)(C)C)cc3c3cc(C(C)(C)C)cc(c31)B2. The predicted molar refractivity (Wildman–Crippen MR) is 257 cm³/mol. The van der Waals surface area contributed by atoms with E-state index < -0.39 is 0 Å². The molecule has 2 aromatic heterocycles. The number of nitrogens with one attached hydrogen (secondary N) is 1. The Morgan fingerprint density at radius 2 is 1.34 bits per heavy atom. The molecule has 0 saturated heterocycles. The molecular weight excluding hydrogens is 719 g/mol. The standard InChI is InChI=1S/C54H57BN2S/c1-30-23-37(49-44(24-30)57-43-19-17-32(51(3,4)5)26-35(43)36-27-33(52(6,7)8)28-40(55-49)50(36)57)47-41(18-20-46-48(47)34-15-13-14-16-45(34)58-46)56-42-29-39-38(25-31(42)2)53(9,10)21-22-54(39,11)12/h13-20,23-29,55-56H,21-22H2,1-12H3. The van der Waals surface area contributed by atoms with Gasteiger partial charge >= 0.3 is 0 Å². The molecule has 3 heterocycles. The number of thiophene rings is 1. The first kappa shape index (κ1) is 37.5. The van der Waals surface area contributed by atoms with Crippen LogP contribution in [0.15, 0.2) is 91.0 Å². The van der Waals surface area contributed by atoms with E-state index in [1.54, 1.807) is 0 Å². The minimum atomic E-state index is 0.0198. The molecule has 0 saturated carbocycles. The molecule has 0 unspecified atom stereocenters. The van der Waals surface area contributed by atoms with Gasteiger partial charge in [0, 0.05) is 59.1 Å². The third kappa shape index (κ3) is 5.65. The quantitative estimate of drug-likeness (QED) is 0.177. The van der Waals surface area contributed by atoms with Crippen LogP contribution in [0.5, 0.6) is 0 Å². The summed E-state index contributed by atoms with van der Waals surface area (Å²) < 4.78 is 5.28. The summed E-state index contributed by atoms with van der Waals surface area (Å²) in [5.41, 5.74) is 20.5. The van der Waals surface area contributed by atoms with Crippen molar-refractivity contribution in [3.63, 3.8) is 0 Å². The Bertz CT molecular complexity index is 3050. The lowest BCUT2D eigenvalue weighted by molar-refractivity contribution is 0.332. The monoisotopic (exact) mass is 776 g/mol. The number of hydrogen-bond acceptors (Lipinski definition) is 2. The lowest BCUT2D eigenvalue weighted by atomic mass is 9.58. The maximum absolute atomic E-state index is 4.14. The van der Waals surface area contributed by atoms with Gasteiger partial charge in [0.2, 0.25) is 0 Å². The number of rotatable bonds is 3. The topological polar surface area (TPSA) is 17.0 Å². The molecule has 292 valence electrons. The van der Waals surface area contributed by atoms with Gasteiger partial charge in [-0.25, -0.2) is 0 Å². The summed E-state index contributed by atoms with van der Waals surface area (Å²) in [6.07, 6.45) is 2.41. The zero-order valence-electron chi connectivity index (χ0n) is 36.6. The lowest BCUT2D eigenvalue weighted by Crippen LogP contribution is -2.38. The molecule has 1 aliphatic carbocycles. The molecule has 58 heavy (non-hydrogen) atoms. The van der Waals surface area contributed by atoms with Crippen LogP contribution < -0.4 is 16.2 Å². The Morgan fingerprint density at radius 1 is 0.655 bits per heavy atom. The van der Waals surface area contributed by atoms with Gasteiger partial charge in [0.15, 0.2) is 7.28 Å². The molecule has 8 aromatic rings. The third-order valence-corrected chi connectivity index (χ3v) is 15.1. The minimum Gasteiger partial charge on any atom is -0.355 e. The second-order valence-electron chi connectivity index (χ2n) is 21.2. The van der Waals surface area contributed by atoms with E-state index in [4.69, 9.17) is 0 Å². The number of aryl methyl sites for hydroxylation is 2. The van der Waals surface area contributed by atoms with Gasteiger partial charge in [0.25, 0.3) is 0 Å². The average Bonchev–Trinajstić information content (AvgIpc) is 3.70. The summed E-state index contributed by atoms with van der Waals surface area (Å²) in [7, 11) is 0.882. The molecule has 0 spiro atoms. The summed E-state index contributed by atoms with van der Waals surface area (Å²) in [6, 6.07) is 35.9. The number of aromatic nitrogens is 1. The molecule has 0 atom stereocenters. The van der Waals surface area contributed by atoms with Crippen molar-refractivity contribution in [1.82, 2.24) is 4.57 Å². The van der Waals surface area contributed by atoms with Gasteiger partial charge < -0.3 is 9.88 Å². The van der Waals surface area contributed by atoms with E-state index in [-0.39, 0.29) is 21.7 Å². The molecule has 6 aromatic carbocycles. The van der Waals surface area contributed by atoms with Crippen LogP contribution in [0.1, 0.15) is 115 Å². The minimum absolute atomic E-state index is 0.0198. The average molecular weight is 777 g/mol. The summed E-state index contributed by atoms with van der Waals surface area (Å²) in [6.45, 7) is 28.4. The normalized spacial score (nSPS) is 15.9. The molecular formula is C54H57BN2S. The van der Waals surface area contributed by atoms with E-state index in [1.807, 2.05) is 11.3 Å². The predicted octanol–water partition coefficient (Wildman–Crippen LogP) is 13.8. The fourth-order valence-electron chi connectivity index (χ4n) is 10.3. The van der Waals surface area contributed by atoms with Crippen molar-refractivity contribution in [2.24, 2.45) is 0 Å². The summed E-state index contributed by atoms with van der Waals surface area (Å²) in [5, 5.41) is 9.55. The smallest absolute Gasteiger partial charge is 0.198 e. The summed E-state index contributed by atoms with van der Waals surface area (Å²) >= 11 is 1.91. The summed E-state index contributed by atoms with van der Waals surface area (Å²) in [5.74, 6) is 0. The van der Waals surface area contributed by atoms with Gasteiger partial charge in [-0.3, -0.25) is 0 Å². The third-order valence-electron chi connectivity index (χ3n) is 13.9. The van der Waals surface area contributed by atoms with Crippen LogP contribution >= 0.6 is 11.3 Å². The molecule has 0 radical (unpaired) electrons. The van der Waals surface area contributed by atoms with Crippen molar-refractivity contribution in [2.75, 3.05) is 5.32 Å². The Kier molecular flexibility index (Phi) is 7.99. The van der Waals surface area contributed by atoms with Crippen molar-refractivity contribution >= 4 is 82.9 Å². The number of benzene rings is 6. The van der Waals surface area contributed by atoms with Crippen molar-refractivity contribution < 1.29 is 0 Å². The summed E-state index contributed by atoms with van der Waals surface area (Å²) in [4.78, 5) is 0. The van der Waals surface area contributed by atoms with Gasteiger partial charge in [0.05, 0.1) is 5.52 Å². The largest absolute Gasteiger partial charge is 0.355 e. The fraction of sp³-hybridized carbons (Fsp3) is 0.333. The highest BCUT2D eigenvalue weighted by Crippen LogP contribution is 2.50. The number of hydrogen-bond donors (Lipinski definition) is 1. The molecule has 1 aliphatic heterocycles. The Hall–Kier alpha value is -4.80.